The second kappa shape index (κ2) is 10.2. The summed E-state index contributed by atoms with van der Waals surface area (Å²) in [5.41, 5.74) is -10.9. The molecule has 3 aromatic carbocycles. The molecule has 0 fully saturated rings. The number of nitrogens with one attached hydrogen (secondary N) is 1. The van der Waals surface area contributed by atoms with Gasteiger partial charge in [0.15, 0.2) is 5.82 Å². The van der Waals surface area contributed by atoms with Gasteiger partial charge in [-0.3, -0.25) is 9.59 Å². The minimum atomic E-state index is -6.49. The van der Waals surface area contributed by atoms with Gasteiger partial charge in [0.1, 0.15) is 11.6 Å². The second-order valence-electron chi connectivity index (χ2n) is 8.27. The summed E-state index contributed by atoms with van der Waals surface area (Å²) in [5, 5.41) is 1.84. The van der Waals surface area contributed by atoms with Crippen LogP contribution in [0.4, 0.5) is 55.3 Å². The van der Waals surface area contributed by atoms with Crippen molar-refractivity contribution in [1.29, 1.82) is 0 Å². The fourth-order valence-electron chi connectivity index (χ4n) is 3.62. The van der Waals surface area contributed by atoms with Gasteiger partial charge in [-0.2, -0.15) is 26.3 Å². The normalized spacial score (nSPS) is 12.3. The molecule has 0 aromatic heterocycles. The van der Waals surface area contributed by atoms with E-state index >= 15 is 4.39 Å². The van der Waals surface area contributed by atoms with Crippen molar-refractivity contribution in [2.75, 3.05) is 17.3 Å². The van der Waals surface area contributed by atoms with Gasteiger partial charge >= 0.3 is 18.0 Å². The number of halogens is 10. The van der Waals surface area contributed by atoms with Crippen LogP contribution in [0.2, 0.25) is 0 Å². The number of benzene rings is 3. The predicted octanol–water partition coefficient (Wildman–Crippen LogP) is 7.23. The summed E-state index contributed by atoms with van der Waals surface area (Å²) in [5.74, 6) is -5.96. The van der Waals surface area contributed by atoms with Crippen LogP contribution in [0.25, 0.3) is 0 Å². The summed E-state index contributed by atoms with van der Waals surface area (Å²) in [7, 11) is 1.14. The van der Waals surface area contributed by atoms with Crippen LogP contribution in [-0.4, -0.2) is 31.2 Å². The number of anilines is 2. The summed E-state index contributed by atoms with van der Waals surface area (Å²) in [6, 6.07) is 7.06. The summed E-state index contributed by atoms with van der Waals surface area (Å²) in [4.78, 5) is 26.1. The zero-order valence-corrected chi connectivity index (χ0v) is 19.7. The molecule has 14 heteroatoms. The van der Waals surface area contributed by atoms with E-state index in [-0.39, 0.29) is 17.7 Å². The number of rotatable bonds is 5. The molecule has 208 valence electrons. The topological polar surface area (TPSA) is 49.4 Å². The molecular weight excluding hydrogens is 550 g/mol. The lowest BCUT2D eigenvalue weighted by Gasteiger charge is -2.30. The standard InChI is InChI=1S/C25H16F10N2O2/c1-12-10-14(23(29,24(30,31)32)25(33,34)35)11-17(27)20(12)36-21(38)16-4-3-5-18(19(16)28)37(2)22(39)13-6-8-15(26)9-7-13/h3-11H,1-2H3,(H,36,38). The van der Waals surface area contributed by atoms with Crippen LogP contribution in [0.1, 0.15) is 31.8 Å². The van der Waals surface area contributed by atoms with E-state index in [2.05, 4.69) is 0 Å². The number of carbonyl (C=O) groups is 2. The molecule has 0 aliphatic rings. The Balaban J connectivity index is 1.95. The average molecular weight is 566 g/mol. The molecule has 3 aromatic rings. The first-order chi connectivity index (χ1) is 17.9. The van der Waals surface area contributed by atoms with Crippen molar-refractivity contribution in [3.8, 4) is 0 Å². The van der Waals surface area contributed by atoms with Crippen LogP contribution >= 0.6 is 0 Å². The largest absolute Gasteiger partial charge is 0.435 e. The number of nitrogens with zero attached hydrogens (tertiary/aromatic N) is 1. The van der Waals surface area contributed by atoms with Crippen LogP contribution in [0.15, 0.2) is 54.6 Å². The quantitative estimate of drug-likeness (QED) is 0.332. The molecule has 0 unspecified atom stereocenters. The minimum Gasteiger partial charge on any atom is -0.319 e. The molecule has 0 atom stereocenters. The van der Waals surface area contributed by atoms with E-state index in [1.165, 1.54) is 0 Å². The molecule has 0 saturated heterocycles. The van der Waals surface area contributed by atoms with E-state index in [4.69, 9.17) is 0 Å². The number of hydrogen-bond donors (Lipinski definition) is 1. The van der Waals surface area contributed by atoms with Crippen LogP contribution in [0.3, 0.4) is 0 Å². The van der Waals surface area contributed by atoms with Crippen molar-refractivity contribution in [3.05, 3.63) is 94.3 Å². The van der Waals surface area contributed by atoms with Crippen molar-refractivity contribution >= 4 is 23.2 Å². The van der Waals surface area contributed by atoms with Gasteiger partial charge in [0, 0.05) is 18.2 Å². The number of amides is 2. The Kier molecular flexibility index (Phi) is 7.72. The lowest BCUT2D eigenvalue weighted by Crippen LogP contribution is -2.50. The highest BCUT2D eigenvalue weighted by atomic mass is 19.4. The number of hydrogen-bond acceptors (Lipinski definition) is 2. The molecule has 2 amide bonds. The van der Waals surface area contributed by atoms with Crippen LogP contribution in [0.5, 0.6) is 0 Å². The van der Waals surface area contributed by atoms with E-state index in [1.54, 1.807) is 0 Å². The first-order valence-corrected chi connectivity index (χ1v) is 10.7. The number of alkyl halides is 7. The molecule has 39 heavy (non-hydrogen) atoms. The molecular formula is C25H16F10N2O2. The second-order valence-corrected chi connectivity index (χ2v) is 8.27. The summed E-state index contributed by atoms with van der Waals surface area (Å²) >= 11 is 0. The molecule has 3 rings (SSSR count). The van der Waals surface area contributed by atoms with Gasteiger partial charge in [-0.05, 0) is 61.0 Å². The third kappa shape index (κ3) is 5.40. The maximum Gasteiger partial charge on any atom is 0.435 e. The molecule has 0 spiro atoms. The summed E-state index contributed by atoms with van der Waals surface area (Å²) in [6.45, 7) is 0.803. The molecule has 0 radical (unpaired) electrons. The first kappa shape index (κ1) is 29.5. The first-order valence-electron chi connectivity index (χ1n) is 10.7. The van der Waals surface area contributed by atoms with Gasteiger partial charge in [-0.15, -0.1) is 0 Å². The Morgan fingerprint density at radius 3 is 1.90 bits per heavy atom. The third-order valence-corrected chi connectivity index (χ3v) is 5.69. The van der Waals surface area contributed by atoms with Crippen molar-refractivity contribution in [2.24, 2.45) is 0 Å². The lowest BCUT2D eigenvalue weighted by atomic mass is 9.92. The van der Waals surface area contributed by atoms with E-state index in [0.29, 0.717) is 0 Å². The van der Waals surface area contributed by atoms with Gasteiger partial charge in [0.2, 0.25) is 0 Å². The van der Waals surface area contributed by atoms with E-state index in [9.17, 15) is 49.1 Å². The Morgan fingerprint density at radius 2 is 1.38 bits per heavy atom. The fourth-order valence-corrected chi connectivity index (χ4v) is 3.62. The minimum absolute atomic E-state index is 0.0346. The highest BCUT2D eigenvalue weighted by Crippen LogP contribution is 2.53. The highest BCUT2D eigenvalue weighted by molar-refractivity contribution is 6.08. The molecule has 0 saturated carbocycles. The molecule has 4 nitrogen and oxygen atoms in total. The van der Waals surface area contributed by atoms with Crippen molar-refractivity contribution in [3.63, 3.8) is 0 Å². The van der Waals surface area contributed by atoms with Crippen LogP contribution in [0, 0.1) is 24.4 Å². The van der Waals surface area contributed by atoms with Crippen LogP contribution < -0.4 is 10.2 Å². The number of carbonyl (C=O) groups excluding carboxylic acids is 2. The Bertz CT molecular complexity index is 1380. The monoisotopic (exact) mass is 566 g/mol. The van der Waals surface area contributed by atoms with Gasteiger partial charge in [-0.25, -0.2) is 17.6 Å². The van der Waals surface area contributed by atoms with E-state index in [1.807, 2.05) is 5.32 Å². The lowest BCUT2D eigenvalue weighted by molar-refractivity contribution is -0.348. The van der Waals surface area contributed by atoms with Crippen LogP contribution in [-0.2, 0) is 5.67 Å². The maximum absolute atomic E-state index is 15.2. The van der Waals surface area contributed by atoms with Gasteiger partial charge < -0.3 is 10.2 Å². The van der Waals surface area contributed by atoms with Gasteiger partial charge in [0.25, 0.3) is 11.8 Å². The molecule has 1 N–H and O–H groups in total. The van der Waals surface area contributed by atoms with Crippen molar-refractivity contribution < 1.29 is 53.5 Å². The van der Waals surface area contributed by atoms with Crippen molar-refractivity contribution in [2.45, 2.75) is 24.9 Å². The molecule has 0 heterocycles. The smallest absolute Gasteiger partial charge is 0.319 e. The fraction of sp³-hybridized carbons (Fsp3) is 0.200. The Morgan fingerprint density at radius 1 is 0.821 bits per heavy atom. The third-order valence-electron chi connectivity index (χ3n) is 5.69. The van der Waals surface area contributed by atoms with Gasteiger partial charge in [-0.1, -0.05) is 6.07 Å². The average Bonchev–Trinajstić information content (AvgIpc) is 2.83. The Labute approximate surface area is 213 Å². The van der Waals surface area contributed by atoms with E-state index in [0.717, 1.165) is 61.3 Å². The highest BCUT2D eigenvalue weighted by Gasteiger charge is 2.73. The van der Waals surface area contributed by atoms with E-state index < -0.39 is 75.4 Å². The Hall–Kier alpha value is -4.10. The summed E-state index contributed by atoms with van der Waals surface area (Å²) < 4.78 is 136. The molecule has 0 aliphatic carbocycles. The molecule has 0 aliphatic heterocycles. The number of aryl methyl sites for hydroxylation is 1. The SMILES string of the molecule is Cc1cc(C(F)(C(F)(F)F)C(F)(F)F)cc(F)c1NC(=O)c1cccc(N(C)C(=O)c2ccc(F)cc2)c1F. The zero-order valence-electron chi connectivity index (χ0n) is 19.7. The predicted molar refractivity (Wildman–Crippen MR) is 120 cm³/mol. The maximum atomic E-state index is 15.2. The zero-order chi connectivity index (χ0) is 29.5. The van der Waals surface area contributed by atoms with Gasteiger partial charge in [0.05, 0.1) is 16.9 Å². The summed E-state index contributed by atoms with van der Waals surface area (Å²) in [6.07, 6.45) is -13.0. The van der Waals surface area contributed by atoms with Crippen molar-refractivity contribution in [1.82, 2.24) is 0 Å². The molecule has 0 bridgehead atoms.